The van der Waals surface area contributed by atoms with Gasteiger partial charge in [-0.3, -0.25) is 4.79 Å². The molecule has 0 atom stereocenters. The number of anilines is 1. The first kappa shape index (κ1) is 16.2. The number of carbonyl (C=O) groups is 1. The van der Waals surface area contributed by atoms with Gasteiger partial charge in [-0.1, -0.05) is 54.5 Å². The van der Waals surface area contributed by atoms with Gasteiger partial charge >= 0.3 is 0 Å². The zero-order valence-electron chi connectivity index (χ0n) is 13.0. The number of amides is 1. The van der Waals surface area contributed by atoms with Crippen molar-refractivity contribution in [3.8, 4) is 0 Å². The summed E-state index contributed by atoms with van der Waals surface area (Å²) < 4.78 is 2.52. The largest absolute Gasteiger partial charge is 0.384 e. The molecule has 0 unspecified atom stereocenters. The molecule has 2 N–H and O–H groups in total. The molecule has 23 heavy (non-hydrogen) atoms. The van der Waals surface area contributed by atoms with Gasteiger partial charge in [-0.05, 0) is 30.6 Å². The summed E-state index contributed by atoms with van der Waals surface area (Å²) in [6, 6.07) is 10.0. The highest BCUT2D eigenvalue weighted by atomic mass is 32.1. The van der Waals surface area contributed by atoms with Crippen LogP contribution in [0.4, 0.5) is 5.82 Å². The number of aromatic nitrogens is 1. The van der Waals surface area contributed by atoms with Gasteiger partial charge in [0.05, 0.1) is 6.54 Å². The zero-order valence-corrected chi connectivity index (χ0v) is 14.7. The highest BCUT2D eigenvalue weighted by Crippen LogP contribution is 2.26. The quantitative estimate of drug-likeness (QED) is 0.856. The van der Waals surface area contributed by atoms with Crippen molar-refractivity contribution < 1.29 is 4.79 Å². The molecular formula is C17H21N3OS2. The van der Waals surface area contributed by atoms with Gasteiger partial charge in [-0.15, -0.1) is 0 Å². The number of nitrogens with zero attached hydrogens (tertiary/aromatic N) is 2. The third-order valence-electron chi connectivity index (χ3n) is 4.20. The van der Waals surface area contributed by atoms with Crippen molar-refractivity contribution in [1.29, 1.82) is 0 Å². The highest BCUT2D eigenvalue weighted by molar-refractivity contribution is 7.73. The van der Waals surface area contributed by atoms with E-state index < -0.39 is 0 Å². The Kier molecular flexibility index (Phi) is 5.13. The summed E-state index contributed by atoms with van der Waals surface area (Å²) in [5.74, 6) is 0.533. The number of hydrogen-bond acceptors (Lipinski definition) is 4. The number of nitrogen functional groups attached to an aromatic ring is 1. The molecule has 1 amide bonds. The first-order valence-electron chi connectivity index (χ1n) is 7.99. The molecule has 4 nitrogen and oxygen atoms in total. The Morgan fingerprint density at radius 2 is 1.78 bits per heavy atom. The number of benzene rings is 1. The molecule has 1 aliphatic rings. The summed E-state index contributed by atoms with van der Waals surface area (Å²) in [6.07, 6.45) is 4.54. The van der Waals surface area contributed by atoms with E-state index in [0.29, 0.717) is 21.2 Å². The number of rotatable bonds is 3. The average molecular weight is 348 g/mol. The maximum absolute atomic E-state index is 12.8. The average Bonchev–Trinajstić information content (AvgIpc) is 2.78. The smallest absolute Gasteiger partial charge is 0.267 e. The molecule has 0 radical (unpaired) electrons. The second-order valence-corrected chi connectivity index (χ2v) is 7.50. The van der Waals surface area contributed by atoms with E-state index >= 15 is 0 Å². The first-order chi connectivity index (χ1) is 11.2. The Hall–Kier alpha value is -1.66. The highest BCUT2D eigenvalue weighted by Gasteiger charge is 2.23. The second-order valence-electron chi connectivity index (χ2n) is 5.86. The Bertz CT molecular complexity index is 728. The van der Waals surface area contributed by atoms with E-state index in [1.165, 1.54) is 24.2 Å². The van der Waals surface area contributed by atoms with Crippen molar-refractivity contribution in [3.63, 3.8) is 0 Å². The van der Waals surface area contributed by atoms with Crippen molar-refractivity contribution in [2.45, 2.75) is 32.2 Å². The molecule has 1 fully saturated rings. The normalized spacial score (nSPS) is 15.4. The monoisotopic (exact) mass is 347 g/mol. The lowest BCUT2D eigenvalue weighted by molar-refractivity contribution is 0.0767. The minimum Gasteiger partial charge on any atom is -0.384 e. The minimum atomic E-state index is 0.0345. The summed E-state index contributed by atoms with van der Waals surface area (Å²) in [6.45, 7) is 2.25. The second kappa shape index (κ2) is 7.27. The van der Waals surface area contributed by atoms with Crippen LogP contribution in [0.1, 0.15) is 40.9 Å². The van der Waals surface area contributed by atoms with Gasteiger partial charge in [0.1, 0.15) is 10.7 Å². The first-order valence-corrected chi connectivity index (χ1v) is 9.21. The number of carbonyl (C=O) groups excluding carboxylic acids is 1. The van der Waals surface area contributed by atoms with Crippen molar-refractivity contribution in [2.75, 3.05) is 18.8 Å². The lowest BCUT2D eigenvalue weighted by Crippen LogP contribution is -2.31. The Morgan fingerprint density at radius 3 is 2.43 bits per heavy atom. The molecule has 122 valence electrons. The van der Waals surface area contributed by atoms with E-state index in [2.05, 4.69) is 0 Å². The number of hydrogen-bond donors (Lipinski definition) is 1. The van der Waals surface area contributed by atoms with Crippen LogP contribution in [0.2, 0.25) is 0 Å². The minimum absolute atomic E-state index is 0.0345. The van der Waals surface area contributed by atoms with Gasteiger partial charge in [0.2, 0.25) is 0 Å². The SMILES string of the molecule is Nc1c(C(=O)N2CCCCCC2)sc(=S)n1Cc1ccccc1. The molecule has 3 rings (SSSR count). The van der Waals surface area contributed by atoms with Crippen LogP contribution in [0.5, 0.6) is 0 Å². The standard InChI is InChI=1S/C17H21N3OS2/c18-15-14(16(21)19-10-6-1-2-7-11-19)23-17(22)20(15)12-13-8-4-3-5-9-13/h3-5,8-9H,1-2,6-7,10-12,18H2. The predicted octanol–water partition coefficient (Wildman–Crippen LogP) is 3.93. The van der Waals surface area contributed by atoms with Crippen LogP contribution in [-0.2, 0) is 6.54 Å². The molecule has 2 heterocycles. The van der Waals surface area contributed by atoms with Crippen LogP contribution in [0.15, 0.2) is 30.3 Å². The maximum Gasteiger partial charge on any atom is 0.267 e. The number of nitrogens with two attached hydrogens (primary N) is 1. The van der Waals surface area contributed by atoms with Crippen LogP contribution in [-0.4, -0.2) is 28.5 Å². The molecule has 0 aliphatic carbocycles. The fourth-order valence-electron chi connectivity index (χ4n) is 2.90. The summed E-state index contributed by atoms with van der Waals surface area (Å²) in [5, 5.41) is 0. The fourth-order valence-corrected chi connectivity index (χ4v) is 4.19. The molecule has 1 aromatic carbocycles. The number of thiazole rings is 1. The Morgan fingerprint density at radius 1 is 1.13 bits per heavy atom. The van der Waals surface area contributed by atoms with Gasteiger partial charge in [0, 0.05) is 13.1 Å². The van der Waals surface area contributed by atoms with Gasteiger partial charge in [0.15, 0.2) is 3.95 Å². The van der Waals surface area contributed by atoms with Crippen LogP contribution in [0.3, 0.4) is 0 Å². The van der Waals surface area contributed by atoms with Crippen molar-refractivity contribution in [2.24, 2.45) is 0 Å². The van der Waals surface area contributed by atoms with Crippen LogP contribution < -0.4 is 5.73 Å². The number of likely N-dealkylation sites (tertiary alicyclic amines) is 1. The molecular weight excluding hydrogens is 326 g/mol. The van der Waals surface area contributed by atoms with Gasteiger partial charge in [-0.25, -0.2) is 0 Å². The summed E-state index contributed by atoms with van der Waals surface area (Å²) in [7, 11) is 0. The molecule has 2 aromatic rings. The fraction of sp³-hybridized carbons (Fsp3) is 0.412. The third kappa shape index (κ3) is 3.64. The van der Waals surface area contributed by atoms with Crippen molar-refractivity contribution in [3.05, 3.63) is 44.7 Å². The van der Waals surface area contributed by atoms with Crippen LogP contribution in [0, 0.1) is 3.95 Å². The van der Waals surface area contributed by atoms with E-state index in [9.17, 15) is 4.79 Å². The molecule has 0 bridgehead atoms. The molecule has 6 heteroatoms. The van der Waals surface area contributed by atoms with E-state index in [-0.39, 0.29) is 5.91 Å². The predicted molar refractivity (Wildman–Crippen MR) is 97.5 cm³/mol. The molecule has 1 aromatic heterocycles. The Balaban J connectivity index is 1.85. The molecule has 0 spiro atoms. The summed E-state index contributed by atoms with van der Waals surface area (Å²) in [5.41, 5.74) is 7.38. The maximum atomic E-state index is 12.8. The third-order valence-corrected chi connectivity index (χ3v) is 5.66. The van der Waals surface area contributed by atoms with Crippen molar-refractivity contribution >= 4 is 35.3 Å². The van der Waals surface area contributed by atoms with E-state index in [1.54, 1.807) is 0 Å². The topological polar surface area (TPSA) is 51.3 Å². The molecule has 1 aliphatic heterocycles. The Labute approximate surface area is 145 Å². The lowest BCUT2D eigenvalue weighted by Gasteiger charge is -2.19. The molecule has 1 saturated heterocycles. The van der Waals surface area contributed by atoms with Gasteiger partial charge in [-0.2, -0.15) is 0 Å². The van der Waals surface area contributed by atoms with Crippen LogP contribution in [0.25, 0.3) is 0 Å². The van der Waals surface area contributed by atoms with Crippen LogP contribution >= 0.6 is 23.6 Å². The lowest BCUT2D eigenvalue weighted by atomic mass is 10.2. The summed E-state index contributed by atoms with van der Waals surface area (Å²) in [4.78, 5) is 15.3. The van der Waals surface area contributed by atoms with E-state index in [4.69, 9.17) is 18.0 Å². The van der Waals surface area contributed by atoms with E-state index in [1.807, 2.05) is 39.8 Å². The van der Waals surface area contributed by atoms with Gasteiger partial charge < -0.3 is 15.2 Å². The zero-order chi connectivity index (χ0) is 16.2. The summed E-state index contributed by atoms with van der Waals surface area (Å²) >= 11 is 6.77. The van der Waals surface area contributed by atoms with E-state index in [0.717, 1.165) is 31.5 Å². The van der Waals surface area contributed by atoms with Crippen molar-refractivity contribution in [1.82, 2.24) is 9.47 Å². The molecule has 0 saturated carbocycles. The van der Waals surface area contributed by atoms with Gasteiger partial charge in [0.25, 0.3) is 5.91 Å².